The van der Waals surface area contributed by atoms with Gasteiger partial charge in [-0.2, -0.15) is 0 Å². The second kappa shape index (κ2) is 6.96. The summed E-state index contributed by atoms with van der Waals surface area (Å²) in [7, 11) is 0. The van der Waals surface area contributed by atoms with Gasteiger partial charge in [-0.05, 0) is 30.7 Å². The SMILES string of the molecule is O=C1NC(=O)C(c2cn(CCCO)c3ccc(F)cc23)=C1c1coc2ccccc12. The fourth-order valence-electron chi connectivity index (χ4n) is 4.04. The van der Waals surface area contributed by atoms with Crippen LogP contribution in [0.4, 0.5) is 4.39 Å². The number of furan rings is 1. The molecule has 2 N–H and O–H groups in total. The van der Waals surface area contributed by atoms with Gasteiger partial charge >= 0.3 is 0 Å². The summed E-state index contributed by atoms with van der Waals surface area (Å²) in [6, 6.07) is 11.6. The van der Waals surface area contributed by atoms with Gasteiger partial charge in [0, 0.05) is 46.8 Å². The lowest BCUT2D eigenvalue weighted by atomic mass is 9.95. The van der Waals surface area contributed by atoms with Gasteiger partial charge in [-0.15, -0.1) is 0 Å². The first-order valence-corrected chi connectivity index (χ1v) is 9.54. The zero-order chi connectivity index (χ0) is 20.8. The molecule has 30 heavy (non-hydrogen) atoms. The summed E-state index contributed by atoms with van der Waals surface area (Å²) in [6.45, 7) is 0.496. The van der Waals surface area contributed by atoms with Crippen molar-refractivity contribution in [3.63, 3.8) is 0 Å². The summed E-state index contributed by atoms with van der Waals surface area (Å²) >= 11 is 0. The molecule has 7 heteroatoms. The van der Waals surface area contributed by atoms with Crippen LogP contribution in [0.1, 0.15) is 17.5 Å². The summed E-state index contributed by atoms with van der Waals surface area (Å²) in [6.07, 6.45) is 3.70. The molecule has 0 atom stereocenters. The number of carbonyl (C=O) groups is 2. The number of hydrogen-bond donors (Lipinski definition) is 2. The van der Waals surface area contributed by atoms with Crippen LogP contribution >= 0.6 is 0 Å². The van der Waals surface area contributed by atoms with Crippen LogP contribution in [0.5, 0.6) is 0 Å². The molecular formula is C23H17FN2O4. The molecule has 150 valence electrons. The van der Waals surface area contributed by atoms with Crippen molar-refractivity contribution in [1.29, 1.82) is 0 Å². The molecule has 2 aromatic carbocycles. The molecule has 2 amide bonds. The van der Waals surface area contributed by atoms with Crippen molar-refractivity contribution >= 4 is 44.8 Å². The standard InChI is InChI=1S/C23H17FN2O4/c24-13-6-7-18-15(10-13)16(11-26(18)8-3-9-27)20-21(23(29)25-22(20)28)17-12-30-19-5-2-1-4-14(17)19/h1-2,4-7,10-12,27H,3,8-9H2,(H,25,28,29). The molecule has 0 saturated heterocycles. The van der Waals surface area contributed by atoms with Gasteiger partial charge in [-0.25, -0.2) is 4.39 Å². The van der Waals surface area contributed by atoms with Gasteiger partial charge in [-0.1, -0.05) is 18.2 Å². The molecule has 0 unspecified atom stereocenters. The molecule has 4 aromatic rings. The molecule has 5 rings (SSSR count). The van der Waals surface area contributed by atoms with E-state index >= 15 is 0 Å². The number of aryl methyl sites for hydroxylation is 1. The monoisotopic (exact) mass is 404 g/mol. The van der Waals surface area contributed by atoms with E-state index in [0.717, 1.165) is 5.52 Å². The minimum Gasteiger partial charge on any atom is -0.464 e. The number of nitrogens with zero attached hydrogens (tertiary/aromatic N) is 1. The average Bonchev–Trinajstić information content (AvgIpc) is 3.39. The van der Waals surface area contributed by atoms with Crippen LogP contribution in [-0.2, 0) is 16.1 Å². The summed E-state index contributed by atoms with van der Waals surface area (Å²) in [4.78, 5) is 25.6. The van der Waals surface area contributed by atoms with Crippen molar-refractivity contribution in [2.75, 3.05) is 6.61 Å². The maximum Gasteiger partial charge on any atom is 0.259 e. The Morgan fingerprint density at radius 2 is 1.77 bits per heavy atom. The Hall–Kier alpha value is -3.71. The number of hydrogen-bond acceptors (Lipinski definition) is 4. The first-order chi connectivity index (χ1) is 14.6. The van der Waals surface area contributed by atoms with E-state index in [9.17, 15) is 19.1 Å². The molecule has 1 aliphatic heterocycles. The highest BCUT2D eigenvalue weighted by atomic mass is 19.1. The number of rotatable bonds is 5. The number of amides is 2. The minimum absolute atomic E-state index is 0.00410. The van der Waals surface area contributed by atoms with Gasteiger partial charge in [-0.3, -0.25) is 14.9 Å². The first-order valence-electron chi connectivity index (χ1n) is 9.54. The number of nitrogens with one attached hydrogen (secondary N) is 1. The van der Waals surface area contributed by atoms with Crippen LogP contribution in [0, 0.1) is 5.82 Å². The van der Waals surface area contributed by atoms with Crippen LogP contribution < -0.4 is 5.32 Å². The zero-order valence-electron chi connectivity index (χ0n) is 15.8. The van der Waals surface area contributed by atoms with Crippen molar-refractivity contribution in [3.05, 3.63) is 71.9 Å². The van der Waals surface area contributed by atoms with E-state index in [1.165, 1.54) is 18.4 Å². The quantitative estimate of drug-likeness (QED) is 0.499. The van der Waals surface area contributed by atoms with Gasteiger partial charge in [0.1, 0.15) is 11.4 Å². The number of benzene rings is 2. The van der Waals surface area contributed by atoms with E-state index in [0.29, 0.717) is 40.4 Å². The number of carbonyl (C=O) groups excluding carboxylic acids is 2. The third-order valence-corrected chi connectivity index (χ3v) is 5.35. The van der Waals surface area contributed by atoms with Gasteiger partial charge in [0.25, 0.3) is 11.8 Å². The third-order valence-electron chi connectivity index (χ3n) is 5.35. The highest BCUT2D eigenvalue weighted by molar-refractivity contribution is 6.50. The molecule has 1 aliphatic rings. The third kappa shape index (κ3) is 2.74. The number of aliphatic hydroxyl groups excluding tert-OH is 1. The topological polar surface area (TPSA) is 84.5 Å². The Bertz CT molecular complexity index is 1360. The van der Waals surface area contributed by atoms with Crippen LogP contribution in [-0.4, -0.2) is 28.1 Å². The Kier molecular flexibility index (Phi) is 4.25. The highest BCUT2D eigenvalue weighted by Gasteiger charge is 2.35. The van der Waals surface area contributed by atoms with E-state index in [2.05, 4.69) is 5.32 Å². The van der Waals surface area contributed by atoms with Gasteiger partial charge < -0.3 is 14.1 Å². The molecule has 0 fully saturated rings. The number of fused-ring (bicyclic) bond motifs is 2. The number of aromatic nitrogens is 1. The highest BCUT2D eigenvalue weighted by Crippen LogP contribution is 2.39. The van der Waals surface area contributed by atoms with Crippen molar-refractivity contribution < 1.29 is 23.5 Å². The Balaban J connectivity index is 1.80. The molecule has 0 aliphatic carbocycles. The Morgan fingerprint density at radius 3 is 2.57 bits per heavy atom. The van der Waals surface area contributed by atoms with Crippen LogP contribution in [0.3, 0.4) is 0 Å². The molecule has 0 saturated carbocycles. The minimum atomic E-state index is -0.536. The molecule has 0 radical (unpaired) electrons. The molecule has 0 spiro atoms. The van der Waals surface area contributed by atoms with Crippen LogP contribution in [0.15, 0.2) is 59.3 Å². The van der Waals surface area contributed by atoms with Crippen molar-refractivity contribution in [2.45, 2.75) is 13.0 Å². The maximum atomic E-state index is 14.1. The molecular weight excluding hydrogens is 387 g/mol. The summed E-state index contributed by atoms with van der Waals surface area (Å²) in [5.74, 6) is -1.50. The predicted molar refractivity (Wildman–Crippen MR) is 110 cm³/mol. The van der Waals surface area contributed by atoms with Gasteiger partial charge in [0.15, 0.2) is 0 Å². The van der Waals surface area contributed by atoms with E-state index in [4.69, 9.17) is 4.42 Å². The van der Waals surface area contributed by atoms with Crippen LogP contribution in [0.2, 0.25) is 0 Å². The normalized spacial score (nSPS) is 14.3. The van der Waals surface area contributed by atoms with Gasteiger partial charge in [0.2, 0.25) is 0 Å². The number of halogens is 1. The molecule has 6 nitrogen and oxygen atoms in total. The number of aliphatic hydroxyl groups is 1. The summed E-state index contributed by atoms with van der Waals surface area (Å²) in [5.41, 5.74) is 2.68. The lowest BCUT2D eigenvalue weighted by molar-refractivity contribution is -0.122. The first kappa shape index (κ1) is 18.3. The lowest BCUT2D eigenvalue weighted by Gasteiger charge is -2.02. The predicted octanol–water partition coefficient (Wildman–Crippen LogP) is 3.48. The van der Waals surface area contributed by atoms with E-state index in [1.807, 2.05) is 22.8 Å². The fourth-order valence-corrected chi connectivity index (χ4v) is 4.04. The zero-order valence-corrected chi connectivity index (χ0v) is 15.8. The Morgan fingerprint density at radius 1 is 1.00 bits per heavy atom. The molecule has 3 heterocycles. The Labute approximate surface area is 170 Å². The van der Waals surface area contributed by atoms with Crippen molar-refractivity contribution in [3.8, 4) is 0 Å². The van der Waals surface area contributed by atoms with E-state index in [-0.39, 0.29) is 17.8 Å². The van der Waals surface area contributed by atoms with Crippen molar-refractivity contribution in [1.82, 2.24) is 9.88 Å². The van der Waals surface area contributed by atoms with E-state index in [1.54, 1.807) is 18.3 Å². The largest absolute Gasteiger partial charge is 0.464 e. The summed E-state index contributed by atoms with van der Waals surface area (Å²) in [5, 5.41) is 12.8. The summed E-state index contributed by atoms with van der Waals surface area (Å²) < 4.78 is 21.5. The van der Waals surface area contributed by atoms with E-state index < -0.39 is 17.6 Å². The lowest BCUT2D eigenvalue weighted by Crippen LogP contribution is -2.22. The second-order valence-corrected chi connectivity index (χ2v) is 7.15. The molecule has 0 bridgehead atoms. The average molecular weight is 404 g/mol. The van der Waals surface area contributed by atoms with Gasteiger partial charge in [0.05, 0.1) is 17.4 Å². The second-order valence-electron chi connectivity index (χ2n) is 7.15. The smallest absolute Gasteiger partial charge is 0.259 e. The molecule has 2 aromatic heterocycles. The maximum absolute atomic E-state index is 14.1. The fraction of sp³-hybridized carbons (Fsp3) is 0.130. The van der Waals surface area contributed by atoms with Crippen LogP contribution in [0.25, 0.3) is 33.0 Å². The number of imide groups is 1. The van der Waals surface area contributed by atoms with Crippen molar-refractivity contribution in [2.24, 2.45) is 0 Å². The number of para-hydroxylation sites is 1.